The predicted octanol–water partition coefficient (Wildman–Crippen LogP) is 3.75. The molecule has 1 aliphatic rings. The van der Waals surface area contributed by atoms with Gasteiger partial charge in [0.1, 0.15) is 5.82 Å². The first-order valence-electron chi connectivity index (χ1n) is 8.29. The molecule has 3 rings (SSSR count). The van der Waals surface area contributed by atoms with Crippen molar-refractivity contribution in [3.05, 3.63) is 40.5 Å². The molecule has 0 fully saturated rings. The van der Waals surface area contributed by atoms with Crippen LogP contribution in [-0.2, 0) is 9.53 Å². The molecule has 150 valence electrons. The average molecular weight is 461 g/mol. The van der Waals surface area contributed by atoms with Crippen LogP contribution in [0.3, 0.4) is 0 Å². The van der Waals surface area contributed by atoms with E-state index >= 15 is 0 Å². The van der Waals surface area contributed by atoms with E-state index in [1.165, 1.54) is 6.07 Å². The Balaban J connectivity index is 1.64. The van der Waals surface area contributed by atoms with Crippen LogP contribution >= 0.6 is 15.9 Å². The molecule has 7 nitrogen and oxygen atoms in total. The van der Waals surface area contributed by atoms with Gasteiger partial charge in [0.15, 0.2) is 18.3 Å². The van der Waals surface area contributed by atoms with E-state index in [0.717, 1.165) is 9.15 Å². The third kappa shape index (κ3) is 4.64. The lowest BCUT2D eigenvalue weighted by Gasteiger charge is -2.31. The molecule has 2 aromatic rings. The van der Waals surface area contributed by atoms with Crippen molar-refractivity contribution >= 4 is 39.3 Å². The Hall–Kier alpha value is -2.56. The normalized spacial score (nSPS) is 18.8. The first-order valence-corrected chi connectivity index (χ1v) is 9.08. The van der Waals surface area contributed by atoms with Crippen LogP contribution in [0.5, 0.6) is 0 Å². The largest absolute Gasteiger partial charge is 0.451 e. The number of benzene rings is 1. The fourth-order valence-corrected chi connectivity index (χ4v) is 3.06. The summed E-state index contributed by atoms with van der Waals surface area (Å²) >= 11 is 3.26. The number of hydrogen-bond acceptors (Lipinski definition) is 5. The van der Waals surface area contributed by atoms with E-state index in [9.17, 15) is 22.8 Å². The number of nitrogens with zero attached hydrogens (tertiary/aromatic N) is 2. The molecule has 0 aliphatic carbocycles. The smallest absolute Gasteiger partial charge is 0.410 e. The molecule has 0 saturated carbocycles. The van der Waals surface area contributed by atoms with Gasteiger partial charge in [0.2, 0.25) is 0 Å². The van der Waals surface area contributed by atoms with E-state index in [1.54, 1.807) is 31.2 Å². The molecule has 11 heteroatoms. The van der Waals surface area contributed by atoms with Gasteiger partial charge in [0.25, 0.3) is 5.91 Å². The van der Waals surface area contributed by atoms with E-state index in [0.29, 0.717) is 5.69 Å². The van der Waals surface area contributed by atoms with Gasteiger partial charge in [0.05, 0.1) is 0 Å². The minimum atomic E-state index is -4.50. The lowest BCUT2D eigenvalue weighted by Crippen LogP contribution is -2.37. The SMILES string of the molecule is C[C@@H]1C[C@@H](C(F)(F)F)n2nc(C(=O)OCC(=O)Nc3ccc(Br)cc3)cc2N1. The van der Waals surface area contributed by atoms with E-state index < -0.39 is 36.7 Å². The maximum absolute atomic E-state index is 13.2. The van der Waals surface area contributed by atoms with Crippen LogP contribution in [-0.4, -0.2) is 40.5 Å². The first-order chi connectivity index (χ1) is 13.1. The number of hydrogen-bond donors (Lipinski definition) is 2. The quantitative estimate of drug-likeness (QED) is 0.678. The van der Waals surface area contributed by atoms with E-state index in [1.807, 2.05) is 0 Å². The molecule has 0 bridgehead atoms. The van der Waals surface area contributed by atoms with Crippen LogP contribution in [0.4, 0.5) is 24.7 Å². The maximum Gasteiger partial charge on any atom is 0.410 e. The maximum atomic E-state index is 13.2. The Morgan fingerprint density at radius 1 is 1.36 bits per heavy atom. The van der Waals surface area contributed by atoms with Gasteiger partial charge in [-0.3, -0.25) is 4.79 Å². The zero-order valence-corrected chi connectivity index (χ0v) is 16.2. The Morgan fingerprint density at radius 3 is 2.68 bits per heavy atom. The molecule has 2 N–H and O–H groups in total. The summed E-state index contributed by atoms with van der Waals surface area (Å²) in [5.74, 6) is -1.49. The van der Waals surface area contributed by atoms with E-state index in [2.05, 4.69) is 31.7 Å². The number of alkyl halides is 3. The summed E-state index contributed by atoms with van der Waals surface area (Å²) in [6, 6.07) is 5.67. The van der Waals surface area contributed by atoms with Crippen molar-refractivity contribution in [1.82, 2.24) is 9.78 Å². The number of esters is 1. The summed E-state index contributed by atoms with van der Waals surface area (Å²) < 4.78 is 46.1. The van der Waals surface area contributed by atoms with Gasteiger partial charge < -0.3 is 15.4 Å². The number of halogens is 4. The molecular formula is C17H16BrF3N4O3. The first kappa shape index (κ1) is 20.2. The number of ether oxygens (including phenoxy) is 1. The molecule has 0 saturated heterocycles. The molecule has 1 aliphatic heterocycles. The summed E-state index contributed by atoms with van der Waals surface area (Å²) in [6.07, 6.45) is -4.70. The second kappa shape index (κ2) is 7.82. The molecule has 1 aromatic heterocycles. The van der Waals surface area contributed by atoms with Crippen molar-refractivity contribution < 1.29 is 27.5 Å². The van der Waals surface area contributed by atoms with Crippen molar-refractivity contribution in [2.75, 3.05) is 17.2 Å². The number of anilines is 2. The average Bonchev–Trinajstić information content (AvgIpc) is 3.04. The number of amides is 1. The molecular weight excluding hydrogens is 445 g/mol. The lowest BCUT2D eigenvalue weighted by atomic mass is 10.1. The minimum absolute atomic E-state index is 0.0762. The summed E-state index contributed by atoms with van der Waals surface area (Å²) in [6.45, 7) is 1.02. The number of carbonyl (C=O) groups is 2. The fourth-order valence-electron chi connectivity index (χ4n) is 2.79. The summed E-state index contributed by atoms with van der Waals surface area (Å²) in [5.41, 5.74) is 0.204. The van der Waals surface area contributed by atoms with Gasteiger partial charge in [0, 0.05) is 22.3 Å². The van der Waals surface area contributed by atoms with Crippen molar-refractivity contribution in [1.29, 1.82) is 0 Å². The highest BCUT2D eigenvalue weighted by Crippen LogP contribution is 2.39. The topological polar surface area (TPSA) is 85.2 Å². The molecule has 2 heterocycles. The predicted molar refractivity (Wildman–Crippen MR) is 98.1 cm³/mol. The number of aromatic nitrogens is 2. The van der Waals surface area contributed by atoms with Gasteiger partial charge in [-0.2, -0.15) is 18.3 Å². The van der Waals surface area contributed by atoms with Gasteiger partial charge >= 0.3 is 12.1 Å². The molecule has 0 radical (unpaired) electrons. The third-order valence-corrected chi connectivity index (χ3v) is 4.58. The van der Waals surface area contributed by atoms with Crippen molar-refractivity contribution in [3.63, 3.8) is 0 Å². The Kier molecular flexibility index (Phi) is 5.64. The highest BCUT2D eigenvalue weighted by molar-refractivity contribution is 9.10. The van der Waals surface area contributed by atoms with Crippen LogP contribution in [0.2, 0.25) is 0 Å². The molecule has 1 aromatic carbocycles. The van der Waals surface area contributed by atoms with Crippen LogP contribution in [0, 0.1) is 0 Å². The molecule has 0 spiro atoms. The van der Waals surface area contributed by atoms with Gasteiger partial charge in [-0.15, -0.1) is 0 Å². The van der Waals surface area contributed by atoms with E-state index in [-0.39, 0.29) is 17.9 Å². The zero-order chi connectivity index (χ0) is 20.5. The number of nitrogens with one attached hydrogen (secondary N) is 2. The van der Waals surface area contributed by atoms with Crippen LogP contribution in [0.25, 0.3) is 0 Å². The standard InChI is InChI=1S/C17H16BrF3N4O3/c1-9-6-13(17(19,20)21)25-14(22-9)7-12(24-25)16(27)28-8-15(26)23-11-4-2-10(18)3-5-11/h2-5,7,9,13,22H,6,8H2,1H3,(H,23,26)/t9-,13+/m1/s1. The Morgan fingerprint density at radius 2 is 2.04 bits per heavy atom. The van der Waals surface area contributed by atoms with Crippen molar-refractivity contribution in [3.8, 4) is 0 Å². The monoisotopic (exact) mass is 460 g/mol. The highest BCUT2D eigenvalue weighted by atomic mass is 79.9. The number of fused-ring (bicyclic) bond motifs is 1. The van der Waals surface area contributed by atoms with Crippen LogP contribution < -0.4 is 10.6 Å². The third-order valence-electron chi connectivity index (χ3n) is 4.05. The van der Waals surface area contributed by atoms with Gasteiger partial charge in [-0.25, -0.2) is 9.48 Å². The second-order valence-electron chi connectivity index (χ2n) is 6.33. The minimum Gasteiger partial charge on any atom is -0.451 e. The van der Waals surface area contributed by atoms with E-state index in [4.69, 9.17) is 4.74 Å². The molecule has 0 unspecified atom stereocenters. The van der Waals surface area contributed by atoms with Crippen LogP contribution in [0.1, 0.15) is 29.9 Å². The Bertz CT molecular complexity index is 883. The van der Waals surface area contributed by atoms with Crippen LogP contribution in [0.15, 0.2) is 34.8 Å². The zero-order valence-electron chi connectivity index (χ0n) is 14.6. The lowest BCUT2D eigenvalue weighted by molar-refractivity contribution is -0.173. The Labute approximate surface area is 166 Å². The summed E-state index contributed by atoms with van der Waals surface area (Å²) in [4.78, 5) is 24.0. The highest BCUT2D eigenvalue weighted by Gasteiger charge is 2.45. The van der Waals surface area contributed by atoms with Gasteiger partial charge in [-0.1, -0.05) is 15.9 Å². The fraction of sp³-hybridized carbons (Fsp3) is 0.353. The number of rotatable bonds is 4. The second-order valence-corrected chi connectivity index (χ2v) is 7.24. The van der Waals surface area contributed by atoms with Gasteiger partial charge in [-0.05, 0) is 37.6 Å². The summed E-state index contributed by atoms with van der Waals surface area (Å²) in [7, 11) is 0. The summed E-state index contributed by atoms with van der Waals surface area (Å²) in [5, 5.41) is 9.11. The molecule has 28 heavy (non-hydrogen) atoms. The van der Waals surface area contributed by atoms with Crippen molar-refractivity contribution in [2.24, 2.45) is 0 Å². The number of carbonyl (C=O) groups excluding carboxylic acids is 2. The molecule has 1 amide bonds. The van der Waals surface area contributed by atoms with Crippen molar-refractivity contribution in [2.45, 2.75) is 31.6 Å². The molecule has 2 atom stereocenters.